The molecule has 8 nitrogen and oxygen atoms in total. The van der Waals surface area contributed by atoms with Crippen LogP contribution >= 0.6 is 11.8 Å². The maximum Gasteiger partial charge on any atom is 0.330 e. The zero-order chi connectivity index (χ0) is 23.3. The molecule has 0 aliphatic carbocycles. The summed E-state index contributed by atoms with van der Waals surface area (Å²) in [5, 5.41) is 24.3. The number of allylic oxidation sites excluding steroid dienone is 2. The number of thioether (sulfide) groups is 1. The van der Waals surface area contributed by atoms with Crippen LogP contribution in [-0.2, 0) is 19.0 Å². The molecule has 180 valence electrons. The van der Waals surface area contributed by atoms with Crippen molar-refractivity contribution in [1.82, 2.24) is 5.32 Å². The van der Waals surface area contributed by atoms with E-state index in [1.165, 1.54) is 6.08 Å². The van der Waals surface area contributed by atoms with Crippen molar-refractivity contribution >= 4 is 23.0 Å². The van der Waals surface area contributed by atoms with Gasteiger partial charge in [-0.15, -0.1) is 0 Å². The molecule has 0 saturated carbocycles. The van der Waals surface area contributed by atoms with Crippen molar-refractivity contribution in [1.29, 1.82) is 0 Å². The first-order chi connectivity index (χ1) is 15.2. The second kappa shape index (κ2) is 11.2. The minimum absolute atomic E-state index is 0.108. The molecule has 3 aliphatic rings. The monoisotopic (exact) mass is 469 g/mol. The Morgan fingerprint density at radius 1 is 1.22 bits per heavy atom. The number of hydrogen-bond donors (Lipinski definition) is 3. The van der Waals surface area contributed by atoms with Crippen molar-refractivity contribution in [2.75, 3.05) is 12.9 Å². The van der Waals surface area contributed by atoms with Gasteiger partial charge in [0.15, 0.2) is 5.79 Å². The second-order valence-electron chi connectivity index (χ2n) is 9.12. The van der Waals surface area contributed by atoms with Gasteiger partial charge in [0.05, 0.1) is 18.2 Å². The number of carbonyl (C=O) groups is 2. The lowest BCUT2D eigenvalue weighted by Gasteiger charge is -2.43. The van der Waals surface area contributed by atoms with Gasteiger partial charge in [0, 0.05) is 31.8 Å². The second-order valence-corrected chi connectivity index (χ2v) is 10.1. The van der Waals surface area contributed by atoms with Crippen LogP contribution < -0.4 is 5.32 Å². The van der Waals surface area contributed by atoms with Gasteiger partial charge < -0.3 is 29.7 Å². The molecule has 2 fully saturated rings. The van der Waals surface area contributed by atoms with Gasteiger partial charge in [0.1, 0.15) is 12.2 Å². The normalized spacial score (nSPS) is 41.5. The minimum atomic E-state index is -1.58. The summed E-state index contributed by atoms with van der Waals surface area (Å²) >= 11 is 1.11. The molecule has 2 saturated heterocycles. The molecule has 0 aromatic rings. The molecule has 3 heterocycles. The van der Waals surface area contributed by atoms with Crippen LogP contribution in [0.3, 0.4) is 0 Å². The van der Waals surface area contributed by atoms with Crippen LogP contribution in [0.25, 0.3) is 0 Å². The van der Waals surface area contributed by atoms with Crippen molar-refractivity contribution in [3.8, 4) is 0 Å². The lowest BCUT2D eigenvalue weighted by Crippen LogP contribution is -2.58. The third kappa shape index (κ3) is 6.81. The Morgan fingerprint density at radius 3 is 2.69 bits per heavy atom. The summed E-state index contributed by atoms with van der Waals surface area (Å²) in [6.45, 7) is 3.90. The number of hydrogen-bond acceptors (Lipinski definition) is 8. The first-order valence-corrected chi connectivity index (χ1v) is 12.3. The van der Waals surface area contributed by atoms with E-state index in [2.05, 4.69) is 12.2 Å². The molecule has 0 unspecified atom stereocenters. The Bertz CT molecular complexity index is 742. The Labute approximate surface area is 193 Å². The van der Waals surface area contributed by atoms with Gasteiger partial charge in [-0.3, -0.25) is 4.79 Å². The van der Waals surface area contributed by atoms with Crippen LogP contribution in [0.2, 0.25) is 0 Å². The van der Waals surface area contributed by atoms with Crippen molar-refractivity contribution in [3.63, 3.8) is 0 Å². The number of methoxy groups -OCH3 is 1. The molecule has 0 spiro atoms. The van der Waals surface area contributed by atoms with E-state index in [1.54, 1.807) is 7.11 Å². The van der Waals surface area contributed by atoms with E-state index in [4.69, 9.17) is 14.2 Å². The van der Waals surface area contributed by atoms with E-state index < -0.39 is 36.1 Å². The van der Waals surface area contributed by atoms with E-state index in [-0.39, 0.29) is 23.7 Å². The van der Waals surface area contributed by atoms with Gasteiger partial charge in [-0.1, -0.05) is 36.4 Å². The van der Waals surface area contributed by atoms with Gasteiger partial charge in [-0.25, -0.2) is 4.79 Å². The predicted molar refractivity (Wildman–Crippen MR) is 121 cm³/mol. The Kier molecular flexibility index (Phi) is 8.80. The molecule has 0 aromatic heterocycles. The average Bonchev–Trinajstić information content (AvgIpc) is 3.17. The summed E-state index contributed by atoms with van der Waals surface area (Å²) in [4.78, 5) is 24.2. The summed E-state index contributed by atoms with van der Waals surface area (Å²) in [6, 6.07) is -0.548. The lowest BCUT2D eigenvalue weighted by molar-refractivity contribution is -0.283. The summed E-state index contributed by atoms with van der Waals surface area (Å²) in [7, 11) is 1.57. The molecule has 0 aromatic carbocycles. The number of aliphatic hydroxyl groups is 2. The highest BCUT2D eigenvalue weighted by atomic mass is 32.2. The third-order valence-corrected chi connectivity index (χ3v) is 7.22. The standard InChI is InChI=1S/C23H35NO7S/c1-14-4-7-16-11-17(12-23(28,31-16)20-13-32-22(27)24-20)30-21(26)10-15(2)5-8-18(25)19(29-3)9-6-14/h6,9-10,14,16-20,25,28H,4-5,7-8,11-13H2,1-3H3,(H,24,27)/b9-6?,15-10-/t14-,16+,17+,18-,19-,20-,23+/m0/s1. The Morgan fingerprint density at radius 2 is 2.00 bits per heavy atom. The van der Waals surface area contributed by atoms with E-state index in [0.29, 0.717) is 31.4 Å². The first kappa shape index (κ1) is 25.2. The fraction of sp³-hybridized carbons (Fsp3) is 0.739. The van der Waals surface area contributed by atoms with Gasteiger partial charge in [0.25, 0.3) is 5.24 Å². The molecule has 3 aliphatic heterocycles. The van der Waals surface area contributed by atoms with Crippen LogP contribution in [0.1, 0.15) is 52.4 Å². The molecule has 1 amide bonds. The third-order valence-electron chi connectivity index (χ3n) is 6.34. The Hall–Kier alpha value is -1.39. The minimum Gasteiger partial charge on any atom is -0.459 e. The van der Waals surface area contributed by atoms with Gasteiger partial charge in [-0.05, 0) is 38.5 Å². The van der Waals surface area contributed by atoms with Crippen LogP contribution in [0, 0.1) is 5.92 Å². The van der Waals surface area contributed by atoms with Crippen molar-refractivity contribution in [2.24, 2.45) is 5.92 Å². The highest BCUT2D eigenvalue weighted by Crippen LogP contribution is 2.37. The van der Waals surface area contributed by atoms with Gasteiger partial charge in [0.2, 0.25) is 0 Å². The first-order valence-electron chi connectivity index (χ1n) is 11.3. The van der Waals surface area contributed by atoms with Crippen LogP contribution in [0.15, 0.2) is 23.8 Å². The van der Waals surface area contributed by atoms with E-state index in [9.17, 15) is 19.8 Å². The van der Waals surface area contributed by atoms with E-state index in [1.807, 2.05) is 19.1 Å². The van der Waals surface area contributed by atoms with E-state index in [0.717, 1.165) is 23.8 Å². The van der Waals surface area contributed by atoms with Gasteiger partial charge in [-0.2, -0.15) is 0 Å². The summed E-state index contributed by atoms with van der Waals surface area (Å²) < 4.78 is 17.2. The molecule has 3 rings (SSSR count). The fourth-order valence-electron chi connectivity index (χ4n) is 4.43. The predicted octanol–water partition coefficient (Wildman–Crippen LogP) is 2.68. The molecule has 9 heteroatoms. The molecular formula is C23H35NO7S. The lowest BCUT2D eigenvalue weighted by atomic mass is 9.90. The molecule has 2 bridgehead atoms. The molecular weight excluding hydrogens is 434 g/mol. The molecule has 3 N–H and O–H groups in total. The smallest absolute Gasteiger partial charge is 0.330 e. The van der Waals surface area contributed by atoms with Gasteiger partial charge >= 0.3 is 5.97 Å². The van der Waals surface area contributed by atoms with Crippen LogP contribution in [0.4, 0.5) is 4.79 Å². The summed E-state index contributed by atoms with van der Waals surface area (Å²) in [5.74, 6) is -1.45. The SMILES string of the molecule is CO[C@H]1C=C[C@@H](C)CC[C@@H]2C[C@H](C[C@](O)([C@@H]3CSC(=O)N3)O2)OC(=O)/C=C(/C)CC[C@@H]1O. The number of fused-ring (bicyclic) bond motifs is 2. The van der Waals surface area contributed by atoms with Crippen LogP contribution in [0.5, 0.6) is 0 Å². The highest BCUT2D eigenvalue weighted by molar-refractivity contribution is 8.14. The molecule has 0 radical (unpaired) electrons. The maximum absolute atomic E-state index is 12.5. The number of nitrogens with one attached hydrogen (secondary N) is 1. The zero-order valence-electron chi connectivity index (χ0n) is 19.0. The number of amides is 1. The fourth-order valence-corrected chi connectivity index (χ4v) is 5.31. The average molecular weight is 470 g/mol. The van der Waals surface area contributed by atoms with Crippen molar-refractivity contribution in [3.05, 3.63) is 23.8 Å². The number of esters is 1. The Balaban J connectivity index is 1.79. The zero-order valence-corrected chi connectivity index (χ0v) is 19.8. The summed E-state index contributed by atoms with van der Waals surface area (Å²) in [5.41, 5.74) is 0.798. The molecule has 7 atom stereocenters. The van der Waals surface area contributed by atoms with E-state index >= 15 is 0 Å². The molecule has 32 heavy (non-hydrogen) atoms. The van der Waals surface area contributed by atoms with Crippen molar-refractivity contribution < 1.29 is 34.0 Å². The largest absolute Gasteiger partial charge is 0.459 e. The number of ether oxygens (including phenoxy) is 3. The van der Waals surface area contributed by atoms with Crippen LogP contribution in [-0.4, -0.2) is 70.5 Å². The quantitative estimate of drug-likeness (QED) is 0.418. The summed E-state index contributed by atoms with van der Waals surface area (Å²) in [6.07, 6.45) is 6.48. The highest BCUT2D eigenvalue weighted by Gasteiger charge is 2.49. The van der Waals surface area contributed by atoms with Crippen molar-refractivity contribution in [2.45, 2.75) is 88.6 Å². The number of carbonyl (C=O) groups excluding carboxylic acids is 2. The number of aliphatic hydroxyl groups excluding tert-OH is 1. The topological polar surface area (TPSA) is 114 Å². The maximum atomic E-state index is 12.5. The number of rotatable bonds is 2.